The van der Waals surface area contributed by atoms with Crippen LogP contribution < -0.4 is 0 Å². The van der Waals surface area contributed by atoms with Gasteiger partial charge < -0.3 is 0 Å². The maximum atomic E-state index is 8.86. The van der Waals surface area contributed by atoms with Crippen molar-refractivity contribution in [3.05, 3.63) is 40.6 Å². The molecule has 0 saturated carbocycles. The second-order valence-corrected chi connectivity index (χ2v) is 4.33. The van der Waals surface area contributed by atoms with Crippen molar-refractivity contribution in [1.29, 1.82) is 5.26 Å². The van der Waals surface area contributed by atoms with Crippen LogP contribution in [0.25, 0.3) is 11.3 Å². The Morgan fingerprint density at radius 1 is 1.18 bits per heavy atom. The van der Waals surface area contributed by atoms with E-state index in [9.17, 15) is 0 Å². The zero-order valence-corrected chi connectivity index (χ0v) is 10.6. The fourth-order valence-corrected chi connectivity index (χ4v) is 2.01. The molecule has 0 bridgehead atoms. The van der Waals surface area contributed by atoms with Gasteiger partial charge in [-0.05, 0) is 37.5 Å². The van der Waals surface area contributed by atoms with Crippen LogP contribution in [-0.2, 0) is 7.05 Å². The molecule has 0 N–H and O–H groups in total. The second kappa shape index (κ2) is 4.06. The molecule has 3 heteroatoms. The van der Waals surface area contributed by atoms with Crippen molar-refractivity contribution in [1.82, 2.24) is 9.78 Å². The molecule has 2 rings (SSSR count). The smallest absolute Gasteiger partial charge is 0.163 e. The van der Waals surface area contributed by atoms with Gasteiger partial charge in [0.2, 0.25) is 0 Å². The van der Waals surface area contributed by atoms with Gasteiger partial charge in [0.25, 0.3) is 0 Å². The second-order valence-electron chi connectivity index (χ2n) is 4.33. The molecule has 1 heterocycles. The fourth-order valence-electron chi connectivity index (χ4n) is 2.01. The molecule has 17 heavy (non-hydrogen) atoms. The highest BCUT2D eigenvalue weighted by atomic mass is 15.3. The highest BCUT2D eigenvalue weighted by Gasteiger charge is 2.11. The topological polar surface area (TPSA) is 41.6 Å². The van der Waals surface area contributed by atoms with Crippen LogP contribution in [0.4, 0.5) is 0 Å². The first-order valence-electron chi connectivity index (χ1n) is 5.56. The molecule has 1 aromatic heterocycles. The monoisotopic (exact) mass is 225 g/mol. The summed E-state index contributed by atoms with van der Waals surface area (Å²) in [7, 11) is 1.87. The zero-order valence-electron chi connectivity index (χ0n) is 10.6. The average molecular weight is 225 g/mol. The van der Waals surface area contributed by atoms with Crippen molar-refractivity contribution in [2.75, 3.05) is 0 Å². The van der Waals surface area contributed by atoms with E-state index in [2.05, 4.69) is 44.1 Å². The third kappa shape index (κ3) is 1.83. The lowest BCUT2D eigenvalue weighted by molar-refractivity contribution is 0.770. The number of hydrogen-bond donors (Lipinski definition) is 0. The van der Waals surface area contributed by atoms with Crippen molar-refractivity contribution in [2.45, 2.75) is 20.8 Å². The normalized spacial score (nSPS) is 10.3. The van der Waals surface area contributed by atoms with Crippen molar-refractivity contribution in [3.63, 3.8) is 0 Å². The lowest BCUT2D eigenvalue weighted by atomic mass is 9.97. The summed E-state index contributed by atoms with van der Waals surface area (Å²) in [6.07, 6.45) is 0. The first kappa shape index (κ1) is 11.4. The zero-order chi connectivity index (χ0) is 12.6. The number of benzene rings is 1. The van der Waals surface area contributed by atoms with E-state index in [1.807, 2.05) is 13.1 Å². The summed E-state index contributed by atoms with van der Waals surface area (Å²) in [6.45, 7) is 6.34. The predicted octanol–water partition coefficient (Wildman–Crippen LogP) is 2.88. The van der Waals surface area contributed by atoms with Crippen LogP contribution in [0, 0.1) is 32.1 Å². The number of rotatable bonds is 1. The molecule has 3 nitrogen and oxygen atoms in total. The highest BCUT2D eigenvalue weighted by Crippen LogP contribution is 2.27. The van der Waals surface area contributed by atoms with Crippen LogP contribution in [0.1, 0.15) is 22.4 Å². The summed E-state index contributed by atoms with van der Waals surface area (Å²) < 4.78 is 1.76. The van der Waals surface area contributed by atoms with Gasteiger partial charge in [-0.15, -0.1) is 0 Å². The molecular weight excluding hydrogens is 210 g/mol. The maximum absolute atomic E-state index is 8.86. The number of hydrogen-bond acceptors (Lipinski definition) is 2. The van der Waals surface area contributed by atoms with Crippen molar-refractivity contribution in [2.24, 2.45) is 7.05 Å². The molecule has 0 aliphatic rings. The lowest BCUT2D eigenvalue weighted by Crippen LogP contribution is -1.97. The first-order valence-corrected chi connectivity index (χ1v) is 5.56. The van der Waals surface area contributed by atoms with E-state index in [1.165, 1.54) is 16.7 Å². The number of aryl methyl sites for hydroxylation is 2. The molecule has 1 aromatic carbocycles. The minimum absolute atomic E-state index is 0.458. The van der Waals surface area contributed by atoms with E-state index >= 15 is 0 Å². The molecule has 0 atom stereocenters. The number of nitrogens with zero attached hydrogens (tertiary/aromatic N) is 3. The standard InChI is InChI=1S/C14H15N3/c1-9-5-6-13(11(3)10(9)2)14-7-12(8-15)16-17(14)4/h5-7H,1-4H3. The minimum Gasteiger partial charge on any atom is -0.267 e. The maximum Gasteiger partial charge on any atom is 0.163 e. The van der Waals surface area contributed by atoms with E-state index in [0.29, 0.717) is 5.69 Å². The Labute approximate surface area is 101 Å². The van der Waals surface area contributed by atoms with Crippen LogP contribution in [0.3, 0.4) is 0 Å². The van der Waals surface area contributed by atoms with Gasteiger partial charge >= 0.3 is 0 Å². The minimum atomic E-state index is 0.458. The largest absolute Gasteiger partial charge is 0.267 e. The summed E-state index contributed by atoms with van der Waals surface area (Å²) in [6, 6.07) is 8.10. The van der Waals surface area contributed by atoms with Crippen molar-refractivity contribution < 1.29 is 0 Å². The molecule has 0 saturated heterocycles. The number of nitriles is 1. The summed E-state index contributed by atoms with van der Waals surface area (Å²) in [5.41, 5.74) is 6.42. The summed E-state index contributed by atoms with van der Waals surface area (Å²) in [4.78, 5) is 0. The van der Waals surface area contributed by atoms with Crippen molar-refractivity contribution >= 4 is 0 Å². The Balaban J connectivity index is 2.65. The Morgan fingerprint density at radius 3 is 2.47 bits per heavy atom. The van der Waals surface area contributed by atoms with Gasteiger partial charge in [-0.2, -0.15) is 10.4 Å². The van der Waals surface area contributed by atoms with Gasteiger partial charge in [-0.25, -0.2) is 0 Å². The average Bonchev–Trinajstić information content (AvgIpc) is 2.68. The quantitative estimate of drug-likeness (QED) is 0.748. The molecule has 2 aromatic rings. The van der Waals surface area contributed by atoms with E-state index in [0.717, 1.165) is 11.3 Å². The molecule has 0 unspecified atom stereocenters. The molecular formula is C14H15N3. The van der Waals surface area contributed by atoms with Crippen LogP contribution in [0.5, 0.6) is 0 Å². The Kier molecular flexibility index (Phi) is 2.72. The van der Waals surface area contributed by atoms with Crippen LogP contribution in [-0.4, -0.2) is 9.78 Å². The highest BCUT2D eigenvalue weighted by molar-refractivity contribution is 5.67. The molecule has 0 amide bonds. The van der Waals surface area contributed by atoms with E-state index in [1.54, 1.807) is 4.68 Å². The van der Waals surface area contributed by atoms with Gasteiger partial charge in [0.15, 0.2) is 5.69 Å². The van der Waals surface area contributed by atoms with Gasteiger partial charge in [-0.1, -0.05) is 12.1 Å². The summed E-state index contributed by atoms with van der Waals surface area (Å²) in [5.74, 6) is 0. The van der Waals surface area contributed by atoms with Crippen LogP contribution >= 0.6 is 0 Å². The van der Waals surface area contributed by atoms with E-state index in [4.69, 9.17) is 5.26 Å². The summed E-state index contributed by atoms with van der Waals surface area (Å²) >= 11 is 0. The molecule has 0 radical (unpaired) electrons. The lowest BCUT2D eigenvalue weighted by Gasteiger charge is -2.11. The molecule has 0 aliphatic heterocycles. The Hall–Kier alpha value is -2.08. The molecule has 0 aliphatic carbocycles. The van der Waals surface area contributed by atoms with Gasteiger partial charge in [0.1, 0.15) is 6.07 Å². The molecule has 0 fully saturated rings. The van der Waals surface area contributed by atoms with E-state index < -0.39 is 0 Å². The molecule has 86 valence electrons. The SMILES string of the molecule is Cc1ccc(-c2cc(C#N)nn2C)c(C)c1C. The van der Waals surface area contributed by atoms with Crippen LogP contribution in [0.2, 0.25) is 0 Å². The third-order valence-electron chi connectivity index (χ3n) is 3.33. The Bertz CT molecular complexity index is 615. The van der Waals surface area contributed by atoms with E-state index in [-0.39, 0.29) is 0 Å². The fraction of sp³-hybridized carbons (Fsp3) is 0.286. The van der Waals surface area contributed by atoms with Gasteiger partial charge in [-0.3, -0.25) is 4.68 Å². The molecule has 0 spiro atoms. The van der Waals surface area contributed by atoms with Crippen LogP contribution in [0.15, 0.2) is 18.2 Å². The van der Waals surface area contributed by atoms with Gasteiger partial charge in [0.05, 0.1) is 5.69 Å². The predicted molar refractivity (Wildman–Crippen MR) is 67.6 cm³/mol. The van der Waals surface area contributed by atoms with Gasteiger partial charge in [0, 0.05) is 18.7 Å². The Morgan fingerprint density at radius 2 is 1.88 bits per heavy atom. The summed E-state index contributed by atoms with van der Waals surface area (Å²) in [5, 5.41) is 13.0. The first-order chi connectivity index (χ1) is 8.04. The van der Waals surface area contributed by atoms with Crippen molar-refractivity contribution in [3.8, 4) is 17.3 Å². The third-order valence-corrected chi connectivity index (χ3v) is 3.33. The number of aromatic nitrogens is 2.